The molecule has 0 heterocycles. The highest BCUT2D eigenvalue weighted by Gasteiger charge is 2.30. The van der Waals surface area contributed by atoms with Crippen LogP contribution >= 0.6 is 0 Å². The van der Waals surface area contributed by atoms with E-state index in [4.69, 9.17) is 5.26 Å². The lowest BCUT2D eigenvalue weighted by Gasteiger charge is -2.31. The summed E-state index contributed by atoms with van der Waals surface area (Å²) in [6.07, 6.45) is 3.68. The molecule has 1 aromatic carbocycles. The first kappa shape index (κ1) is 16.4. The molecule has 0 aromatic heterocycles. The van der Waals surface area contributed by atoms with Crippen LogP contribution in [0.25, 0.3) is 0 Å². The Morgan fingerprint density at radius 1 is 1.30 bits per heavy atom. The average Bonchev–Trinajstić information content (AvgIpc) is 2.46. The number of sulfonamides is 1. The van der Waals surface area contributed by atoms with E-state index in [1.165, 1.54) is 24.3 Å². The molecule has 0 aliphatic heterocycles. The fourth-order valence-corrected chi connectivity index (χ4v) is 3.61. The first-order valence-corrected chi connectivity index (χ1v) is 8.06. The third-order valence-electron chi connectivity index (χ3n) is 3.53. The highest BCUT2D eigenvalue weighted by Crippen LogP contribution is 2.23. The Labute approximate surface area is 121 Å². The van der Waals surface area contributed by atoms with Gasteiger partial charge in [0.1, 0.15) is 0 Å². The van der Waals surface area contributed by atoms with Crippen LogP contribution in [0.4, 0.5) is 0 Å². The number of hydrogen-bond donors (Lipinski definition) is 1. The van der Waals surface area contributed by atoms with E-state index in [1.54, 1.807) is 6.08 Å². The van der Waals surface area contributed by atoms with Crippen LogP contribution in [0.5, 0.6) is 0 Å². The highest BCUT2D eigenvalue weighted by molar-refractivity contribution is 7.89. The number of hydrogen-bond acceptors (Lipinski definition) is 3. The summed E-state index contributed by atoms with van der Waals surface area (Å²) < 4.78 is 27.6. The molecule has 0 saturated carbocycles. The zero-order chi connectivity index (χ0) is 15.2. The van der Waals surface area contributed by atoms with Crippen molar-refractivity contribution in [3.8, 4) is 6.07 Å². The van der Waals surface area contributed by atoms with Crippen LogP contribution in [0.2, 0.25) is 0 Å². The minimum absolute atomic E-state index is 0.173. The standard InChI is InChI=1S/C15H20N2O2S/c1-4-11-15(5-2,6-3)17-20(18,19)14-9-7-13(12-16)8-10-14/h4,7-10,17H,1,5-6,11H2,2-3H3. The van der Waals surface area contributed by atoms with Crippen molar-refractivity contribution in [1.29, 1.82) is 5.26 Å². The quantitative estimate of drug-likeness (QED) is 0.785. The maximum atomic E-state index is 12.4. The number of nitriles is 1. The second-order valence-electron chi connectivity index (χ2n) is 4.72. The minimum Gasteiger partial charge on any atom is -0.207 e. The summed E-state index contributed by atoms with van der Waals surface area (Å²) >= 11 is 0. The lowest BCUT2D eigenvalue weighted by molar-refractivity contribution is 0.357. The van der Waals surface area contributed by atoms with Gasteiger partial charge in [-0.05, 0) is 43.5 Å². The Kier molecular flexibility index (Phi) is 5.49. The number of rotatable bonds is 7. The van der Waals surface area contributed by atoms with Crippen LogP contribution in [0.15, 0.2) is 41.8 Å². The van der Waals surface area contributed by atoms with Crippen molar-refractivity contribution < 1.29 is 8.42 Å². The maximum absolute atomic E-state index is 12.4. The molecule has 5 heteroatoms. The Bertz CT molecular complexity index is 594. The molecule has 0 amide bonds. The maximum Gasteiger partial charge on any atom is 0.241 e. The van der Waals surface area contributed by atoms with E-state index in [2.05, 4.69) is 11.3 Å². The van der Waals surface area contributed by atoms with Gasteiger partial charge >= 0.3 is 0 Å². The molecule has 108 valence electrons. The molecule has 0 fully saturated rings. The molecule has 0 aliphatic carbocycles. The highest BCUT2D eigenvalue weighted by atomic mass is 32.2. The zero-order valence-electron chi connectivity index (χ0n) is 11.9. The normalized spacial score (nSPS) is 11.8. The second-order valence-corrected chi connectivity index (χ2v) is 6.40. The Balaban J connectivity index is 3.09. The Hall–Kier alpha value is -1.64. The van der Waals surface area contributed by atoms with E-state index >= 15 is 0 Å². The van der Waals surface area contributed by atoms with Crippen molar-refractivity contribution in [2.24, 2.45) is 0 Å². The van der Waals surface area contributed by atoms with Crippen molar-refractivity contribution in [3.05, 3.63) is 42.5 Å². The Morgan fingerprint density at radius 3 is 2.25 bits per heavy atom. The molecule has 0 spiro atoms. The van der Waals surface area contributed by atoms with Crippen molar-refractivity contribution in [3.63, 3.8) is 0 Å². The van der Waals surface area contributed by atoms with Crippen LogP contribution in [0.3, 0.4) is 0 Å². The molecule has 4 nitrogen and oxygen atoms in total. The summed E-state index contributed by atoms with van der Waals surface area (Å²) in [7, 11) is -3.60. The SMILES string of the molecule is C=CCC(CC)(CC)NS(=O)(=O)c1ccc(C#N)cc1. The second kappa shape index (κ2) is 6.69. The monoisotopic (exact) mass is 292 g/mol. The van der Waals surface area contributed by atoms with Crippen LogP contribution in [-0.2, 0) is 10.0 Å². The van der Waals surface area contributed by atoms with Gasteiger partial charge in [0.05, 0.1) is 16.5 Å². The number of nitrogens with one attached hydrogen (secondary N) is 1. The summed E-state index contributed by atoms with van der Waals surface area (Å²) in [5, 5.41) is 8.74. The van der Waals surface area contributed by atoms with Crippen LogP contribution in [-0.4, -0.2) is 14.0 Å². The summed E-state index contributed by atoms with van der Waals surface area (Å²) in [6, 6.07) is 7.87. The molecule has 0 aliphatic rings. The van der Waals surface area contributed by atoms with Gasteiger partial charge in [0.15, 0.2) is 0 Å². The summed E-state index contributed by atoms with van der Waals surface area (Å²) in [4.78, 5) is 0.173. The van der Waals surface area contributed by atoms with E-state index in [0.717, 1.165) is 0 Å². The predicted molar refractivity (Wildman–Crippen MR) is 79.6 cm³/mol. The summed E-state index contributed by atoms with van der Waals surface area (Å²) in [6.45, 7) is 7.60. The van der Waals surface area contributed by atoms with Gasteiger partial charge in [0.25, 0.3) is 0 Å². The van der Waals surface area contributed by atoms with Gasteiger partial charge in [-0.2, -0.15) is 5.26 Å². The summed E-state index contributed by atoms with van der Waals surface area (Å²) in [5.41, 5.74) is -0.0682. The summed E-state index contributed by atoms with van der Waals surface area (Å²) in [5.74, 6) is 0. The number of benzene rings is 1. The third-order valence-corrected chi connectivity index (χ3v) is 5.13. The topological polar surface area (TPSA) is 70.0 Å². The zero-order valence-corrected chi connectivity index (χ0v) is 12.7. The first-order valence-electron chi connectivity index (χ1n) is 6.58. The first-order chi connectivity index (χ1) is 9.43. The minimum atomic E-state index is -3.60. The largest absolute Gasteiger partial charge is 0.241 e. The van der Waals surface area contributed by atoms with Crippen LogP contribution in [0.1, 0.15) is 38.7 Å². The fraction of sp³-hybridized carbons (Fsp3) is 0.400. The van der Waals surface area contributed by atoms with Gasteiger partial charge in [-0.15, -0.1) is 6.58 Å². The van der Waals surface area contributed by atoms with Crippen molar-refractivity contribution >= 4 is 10.0 Å². The van der Waals surface area contributed by atoms with Crippen molar-refractivity contribution in [2.75, 3.05) is 0 Å². The number of nitrogens with zero attached hydrogens (tertiary/aromatic N) is 1. The van der Waals surface area contributed by atoms with Gasteiger partial charge in [-0.3, -0.25) is 0 Å². The van der Waals surface area contributed by atoms with Gasteiger partial charge in [-0.1, -0.05) is 19.9 Å². The van der Waals surface area contributed by atoms with E-state index in [-0.39, 0.29) is 4.90 Å². The van der Waals surface area contributed by atoms with Gasteiger partial charge in [0.2, 0.25) is 10.0 Å². The van der Waals surface area contributed by atoms with E-state index in [9.17, 15) is 8.42 Å². The molecule has 0 saturated heterocycles. The lowest BCUT2D eigenvalue weighted by atomic mass is 9.90. The van der Waals surface area contributed by atoms with E-state index < -0.39 is 15.6 Å². The third kappa shape index (κ3) is 3.69. The molecule has 0 unspecified atom stereocenters. The molecule has 20 heavy (non-hydrogen) atoms. The van der Waals surface area contributed by atoms with Crippen molar-refractivity contribution in [2.45, 2.75) is 43.5 Å². The van der Waals surface area contributed by atoms with E-state index in [0.29, 0.717) is 24.8 Å². The van der Waals surface area contributed by atoms with Gasteiger partial charge in [0, 0.05) is 5.54 Å². The average molecular weight is 292 g/mol. The van der Waals surface area contributed by atoms with Gasteiger partial charge < -0.3 is 0 Å². The molecule has 0 radical (unpaired) electrons. The molecule has 0 bridgehead atoms. The lowest BCUT2D eigenvalue weighted by Crippen LogP contribution is -2.47. The Morgan fingerprint density at radius 2 is 1.85 bits per heavy atom. The fourth-order valence-electron chi connectivity index (χ4n) is 2.05. The van der Waals surface area contributed by atoms with Crippen molar-refractivity contribution in [1.82, 2.24) is 4.72 Å². The molecule has 1 aromatic rings. The van der Waals surface area contributed by atoms with Crippen LogP contribution in [0, 0.1) is 11.3 Å². The molecular weight excluding hydrogens is 272 g/mol. The predicted octanol–water partition coefficient (Wildman–Crippen LogP) is 2.97. The smallest absolute Gasteiger partial charge is 0.207 e. The van der Waals surface area contributed by atoms with Crippen LogP contribution < -0.4 is 4.72 Å². The van der Waals surface area contributed by atoms with E-state index in [1.807, 2.05) is 19.9 Å². The molecular formula is C15H20N2O2S. The molecule has 0 atom stereocenters. The molecule has 1 rings (SSSR count). The molecule has 1 N–H and O–H groups in total. The van der Waals surface area contributed by atoms with Gasteiger partial charge in [-0.25, -0.2) is 13.1 Å².